The van der Waals surface area contributed by atoms with Crippen LogP contribution >= 0.6 is 11.3 Å². The molecule has 0 radical (unpaired) electrons. The summed E-state index contributed by atoms with van der Waals surface area (Å²) >= 11 is 1.37. The molecule has 4 nitrogen and oxygen atoms in total. The van der Waals surface area contributed by atoms with Crippen LogP contribution in [0.2, 0.25) is 0 Å². The molecule has 2 aliphatic rings. The van der Waals surface area contributed by atoms with Crippen molar-refractivity contribution in [3.8, 4) is 10.6 Å². The van der Waals surface area contributed by atoms with Gasteiger partial charge in [0.05, 0.1) is 26.4 Å². The lowest BCUT2D eigenvalue weighted by Gasteiger charge is -2.05. The van der Waals surface area contributed by atoms with E-state index in [4.69, 9.17) is 5.11 Å². The molecule has 18 heavy (non-hydrogen) atoms. The number of carbonyl (C=O) groups is 1. The van der Waals surface area contributed by atoms with Gasteiger partial charge in [-0.3, -0.25) is 4.79 Å². The zero-order valence-corrected chi connectivity index (χ0v) is 9.90. The maximum absolute atomic E-state index is 11.3. The van der Waals surface area contributed by atoms with Gasteiger partial charge in [0.25, 0.3) is 0 Å². The predicted octanol–water partition coefficient (Wildman–Crippen LogP) is 2.46. The second-order valence-electron chi connectivity index (χ2n) is 3.83. The smallest absolute Gasteiger partial charge is 0.335 e. The van der Waals surface area contributed by atoms with Crippen LogP contribution in [0.15, 0.2) is 41.2 Å². The number of rotatable bonds is 1. The largest absolute Gasteiger partial charge is 0.478 e. The van der Waals surface area contributed by atoms with Gasteiger partial charge in [-0.25, -0.2) is 9.78 Å². The van der Waals surface area contributed by atoms with Crippen LogP contribution in [0.25, 0.3) is 20.8 Å². The standard InChI is InChI=1S/C13H7NO3S/c15-8-2-4-10-12(6-8)18-11-5-7(13(16)17)1-3-9(11)14-10/h1-6H,(H,16,17). The van der Waals surface area contributed by atoms with E-state index in [0.717, 1.165) is 20.8 Å². The fraction of sp³-hybridized carbons (Fsp3) is 0. The quantitative estimate of drug-likeness (QED) is 0.680. The molecule has 0 aromatic heterocycles. The van der Waals surface area contributed by atoms with Crippen LogP contribution < -0.4 is 5.43 Å². The van der Waals surface area contributed by atoms with E-state index in [2.05, 4.69) is 4.98 Å². The summed E-state index contributed by atoms with van der Waals surface area (Å²) in [7, 11) is 0. The lowest BCUT2D eigenvalue weighted by Crippen LogP contribution is -1.99. The number of aromatic nitrogens is 1. The molecule has 1 aromatic carbocycles. The van der Waals surface area contributed by atoms with Crippen molar-refractivity contribution in [2.24, 2.45) is 0 Å². The van der Waals surface area contributed by atoms with E-state index in [0.29, 0.717) is 0 Å². The zero-order chi connectivity index (χ0) is 12.7. The zero-order valence-electron chi connectivity index (χ0n) is 9.08. The Bertz CT molecular complexity index is 794. The van der Waals surface area contributed by atoms with Crippen molar-refractivity contribution in [2.45, 2.75) is 0 Å². The van der Waals surface area contributed by atoms with E-state index in [1.165, 1.54) is 29.5 Å². The van der Waals surface area contributed by atoms with Crippen molar-refractivity contribution in [2.75, 3.05) is 0 Å². The van der Waals surface area contributed by atoms with Crippen molar-refractivity contribution in [1.82, 2.24) is 4.98 Å². The van der Waals surface area contributed by atoms with E-state index in [9.17, 15) is 9.59 Å². The Hall–Kier alpha value is -2.27. The van der Waals surface area contributed by atoms with Gasteiger partial charge < -0.3 is 5.11 Å². The van der Waals surface area contributed by atoms with Crippen LogP contribution in [0.3, 0.4) is 0 Å². The Balaban J connectivity index is 2.36. The van der Waals surface area contributed by atoms with Crippen molar-refractivity contribution >= 4 is 27.5 Å². The lowest BCUT2D eigenvalue weighted by atomic mass is 10.2. The highest BCUT2D eigenvalue weighted by atomic mass is 32.1. The van der Waals surface area contributed by atoms with Crippen LogP contribution in [0.4, 0.5) is 0 Å². The SMILES string of the molecule is O=C(O)c1ccc2nc3ccc(=O)cc-3sc2c1. The van der Waals surface area contributed by atoms with Crippen LogP contribution in [-0.4, -0.2) is 16.1 Å². The molecular weight excluding hydrogens is 250 g/mol. The van der Waals surface area contributed by atoms with Crippen LogP contribution in [0, 0.1) is 0 Å². The summed E-state index contributed by atoms with van der Waals surface area (Å²) in [6, 6.07) is 9.45. The average Bonchev–Trinajstić information content (AvgIpc) is 2.35. The van der Waals surface area contributed by atoms with Gasteiger partial charge in [-0.05, 0) is 30.3 Å². The molecule has 0 atom stereocenters. The van der Waals surface area contributed by atoms with Crippen LogP contribution in [0.5, 0.6) is 0 Å². The highest BCUT2D eigenvalue weighted by Gasteiger charge is 2.09. The molecule has 0 amide bonds. The summed E-state index contributed by atoms with van der Waals surface area (Å²) in [5.74, 6) is -0.971. The molecule has 1 N–H and O–H groups in total. The molecule has 3 rings (SSSR count). The monoisotopic (exact) mass is 257 g/mol. The molecule has 0 fully saturated rings. The number of nitrogens with zero attached hydrogens (tertiary/aromatic N) is 1. The molecular formula is C13H7NO3S. The maximum Gasteiger partial charge on any atom is 0.335 e. The van der Waals surface area contributed by atoms with E-state index < -0.39 is 5.97 Å². The summed E-state index contributed by atoms with van der Waals surface area (Å²) in [6.45, 7) is 0. The van der Waals surface area contributed by atoms with Crippen molar-refractivity contribution in [1.29, 1.82) is 0 Å². The third-order valence-electron chi connectivity index (χ3n) is 2.60. The molecule has 1 heterocycles. The third-order valence-corrected chi connectivity index (χ3v) is 3.69. The van der Waals surface area contributed by atoms with Gasteiger partial charge >= 0.3 is 5.97 Å². The minimum absolute atomic E-state index is 0.0747. The number of aromatic carboxylic acids is 1. The Morgan fingerprint density at radius 3 is 2.78 bits per heavy atom. The first-order chi connectivity index (χ1) is 8.63. The Kier molecular flexibility index (Phi) is 2.34. The number of benzene rings is 2. The van der Waals surface area contributed by atoms with Crippen LogP contribution in [0.1, 0.15) is 10.4 Å². The summed E-state index contributed by atoms with van der Waals surface area (Å²) in [4.78, 5) is 27.3. The lowest BCUT2D eigenvalue weighted by molar-refractivity contribution is 0.0697. The molecule has 0 saturated heterocycles. The van der Waals surface area contributed by atoms with Gasteiger partial charge in [-0.1, -0.05) is 0 Å². The number of hydrogen-bond acceptors (Lipinski definition) is 4. The van der Waals surface area contributed by atoms with E-state index in [1.807, 2.05) is 0 Å². The molecule has 88 valence electrons. The molecule has 5 heteroatoms. The summed E-state index contributed by atoms with van der Waals surface area (Å²) in [5, 5.41) is 8.94. The second kappa shape index (κ2) is 3.89. The summed E-state index contributed by atoms with van der Waals surface area (Å²) in [5.41, 5.74) is 1.62. The summed E-state index contributed by atoms with van der Waals surface area (Å²) < 4.78 is 0.757. The second-order valence-corrected chi connectivity index (χ2v) is 4.91. The Morgan fingerprint density at radius 2 is 2.00 bits per heavy atom. The average molecular weight is 257 g/mol. The van der Waals surface area contributed by atoms with Crippen LogP contribution in [-0.2, 0) is 0 Å². The van der Waals surface area contributed by atoms with Crippen molar-refractivity contribution in [3.05, 3.63) is 52.2 Å². The van der Waals surface area contributed by atoms with Crippen molar-refractivity contribution in [3.63, 3.8) is 0 Å². The minimum atomic E-state index is -0.971. The topological polar surface area (TPSA) is 67.3 Å². The van der Waals surface area contributed by atoms with E-state index in [-0.39, 0.29) is 11.0 Å². The van der Waals surface area contributed by atoms with E-state index in [1.54, 1.807) is 18.2 Å². The number of carboxylic acid groups (broad SMARTS) is 1. The van der Waals surface area contributed by atoms with Gasteiger partial charge in [0.15, 0.2) is 5.43 Å². The number of hydrogen-bond donors (Lipinski definition) is 1. The van der Waals surface area contributed by atoms with Gasteiger partial charge in [0.2, 0.25) is 0 Å². The molecule has 1 aromatic rings. The predicted molar refractivity (Wildman–Crippen MR) is 69.5 cm³/mol. The van der Waals surface area contributed by atoms with Gasteiger partial charge in [-0.15, -0.1) is 11.3 Å². The Labute approximate surface area is 106 Å². The van der Waals surface area contributed by atoms with Gasteiger partial charge in [-0.2, -0.15) is 0 Å². The summed E-state index contributed by atoms with van der Waals surface area (Å²) in [6.07, 6.45) is 0. The normalized spacial score (nSPS) is 10.9. The molecule has 0 unspecified atom stereocenters. The molecule has 0 spiro atoms. The highest BCUT2D eigenvalue weighted by Crippen LogP contribution is 2.29. The molecule has 0 bridgehead atoms. The highest BCUT2D eigenvalue weighted by molar-refractivity contribution is 7.21. The molecule has 0 saturated carbocycles. The first kappa shape index (κ1) is 10.9. The van der Waals surface area contributed by atoms with Gasteiger partial charge in [0, 0.05) is 6.07 Å². The fourth-order valence-corrected chi connectivity index (χ4v) is 2.77. The first-order valence-corrected chi connectivity index (χ1v) is 6.03. The first-order valence-electron chi connectivity index (χ1n) is 5.21. The van der Waals surface area contributed by atoms with Gasteiger partial charge in [0.1, 0.15) is 0 Å². The van der Waals surface area contributed by atoms with Crippen molar-refractivity contribution < 1.29 is 9.90 Å². The Morgan fingerprint density at radius 1 is 1.17 bits per heavy atom. The number of fused-ring (bicyclic) bond motifs is 2. The maximum atomic E-state index is 11.3. The molecule has 1 aliphatic heterocycles. The van der Waals surface area contributed by atoms with E-state index >= 15 is 0 Å². The minimum Gasteiger partial charge on any atom is -0.478 e. The fourth-order valence-electron chi connectivity index (χ4n) is 1.74. The molecule has 1 aliphatic carbocycles. The number of carboxylic acids is 1. The third kappa shape index (κ3) is 1.74.